The molecule has 0 bridgehead atoms. The van der Waals surface area contributed by atoms with Gasteiger partial charge in [0.1, 0.15) is 5.82 Å². The molecule has 1 heterocycles. The second kappa shape index (κ2) is 3.35. The van der Waals surface area contributed by atoms with Gasteiger partial charge in [-0.15, -0.1) is 0 Å². The van der Waals surface area contributed by atoms with Crippen LogP contribution in [0.2, 0.25) is 0 Å². The van der Waals surface area contributed by atoms with Crippen LogP contribution in [0.1, 0.15) is 17.6 Å². The van der Waals surface area contributed by atoms with E-state index in [-0.39, 0.29) is 11.4 Å². The van der Waals surface area contributed by atoms with E-state index in [4.69, 9.17) is 5.73 Å². The zero-order valence-corrected chi connectivity index (χ0v) is 7.90. The zero-order valence-electron chi connectivity index (χ0n) is 6.31. The summed E-state index contributed by atoms with van der Waals surface area (Å²) >= 11 is 3.10. The molecule has 2 N–H and O–H groups in total. The van der Waals surface area contributed by atoms with E-state index in [1.807, 2.05) is 0 Å². The fraction of sp³-hybridized carbons (Fsp3) is 0.286. The third kappa shape index (κ3) is 1.55. The number of nitrogen functional groups attached to an aromatic ring is 1. The van der Waals surface area contributed by atoms with Crippen LogP contribution >= 0.6 is 15.9 Å². The van der Waals surface area contributed by atoms with Gasteiger partial charge in [0.15, 0.2) is 0 Å². The van der Waals surface area contributed by atoms with Crippen molar-refractivity contribution < 1.29 is 8.78 Å². The number of hydrogen-bond donors (Lipinski definition) is 1. The molecular formula is C7H7BrF2N2. The van der Waals surface area contributed by atoms with E-state index in [0.29, 0.717) is 10.0 Å². The Bertz CT molecular complexity index is 302. The van der Waals surface area contributed by atoms with Crippen LogP contribution in [0.3, 0.4) is 0 Å². The molecule has 0 fully saturated rings. The van der Waals surface area contributed by atoms with Crippen molar-refractivity contribution in [3.63, 3.8) is 0 Å². The third-order valence-electron chi connectivity index (χ3n) is 1.57. The van der Waals surface area contributed by atoms with E-state index in [1.54, 1.807) is 6.92 Å². The van der Waals surface area contributed by atoms with Crippen LogP contribution in [0.15, 0.2) is 10.7 Å². The maximum Gasteiger partial charge on any atom is 0.267 e. The minimum atomic E-state index is -2.57. The average molecular weight is 237 g/mol. The minimum Gasteiger partial charge on any atom is -0.383 e. The van der Waals surface area contributed by atoms with Crippen molar-refractivity contribution >= 4 is 21.7 Å². The lowest BCUT2D eigenvalue weighted by atomic mass is 10.1. The quantitative estimate of drug-likeness (QED) is 0.815. The van der Waals surface area contributed by atoms with Crippen LogP contribution in [0, 0.1) is 6.92 Å². The first-order valence-electron chi connectivity index (χ1n) is 3.22. The lowest BCUT2D eigenvalue weighted by Gasteiger charge is -2.08. The molecule has 0 saturated heterocycles. The maximum absolute atomic E-state index is 12.3. The number of alkyl halides is 2. The van der Waals surface area contributed by atoms with Gasteiger partial charge in [0, 0.05) is 10.7 Å². The van der Waals surface area contributed by atoms with E-state index in [2.05, 4.69) is 20.9 Å². The predicted octanol–water partition coefficient (Wildman–Crippen LogP) is 2.67. The highest BCUT2D eigenvalue weighted by molar-refractivity contribution is 9.10. The van der Waals surface area contributed by atoms with Crippen LogP contribution in [0.4, 0.5) is 14.6 Å². The van der Waals surface area contributed by atoms with Gasteiger partial charge in [-0.25, -0.2) is 13.8 Å². The smallest absolute Gasteiger partial charge is 0.267 e. The van der Waals surface area contributed by atoms with Gasteiger partial charge in [-0.1, -0.05) is 0 Å². The van der Waals surface area contributed by atoms with Crippen LogP contribution in [-0.4, -0.2) is 4.98 Å². The number of rotatable bonds is 1. The number of halogens is 3. The van der Waals surface area contributed by atoms with Crippen LogP contribution < -0.4 is 5.73 Å². The van der Waals surface area contributed by atoms with Gasteiger partial charge in [0.2, 0.25) is 0 Å². The molecule has 0 radical (unpaired) electrons. The van der Waals surface area contributed by atoms with Gasteiger partial charge in [0.05, 0.1) is 5.56 Å². The van der Waals surface area contributed by atoms with E-state index < -0.39 is 6.43 Å². The Morgan fingerprint density at radius 3 is 2.58 bits per heavy atom. The number of pyridine rings is 1. The summed E-state index contributed by atoms with van der Waals surface area (Å²) in [4.78, 5) is 3.61. The number of aromatic nitrogens is 1. The molecule has 0 aliphatic carbocycles. The van der Waals surface area contributed by atoms with Crippen LogP contribution in [0.25, 0.3) is 0 Å². The molecular weight excluding hydrogens is 230 g/mol. The normalized spacial score (nSPS) is 10.8. The van der Waals surface area contributed by atoms with Crippen LogP contribution in [0.5, 0.6) is 0 Å². The predicted molar refractivity (Wildman–Crippen MR) is 46.0 cm³/mol. The molecule has 0 unspecified atom stereocenters. The summed E-state index contributed by atoms with van der Waals surface area (Å²) in [7, 11) is 0. The molecule has 0 amide bonds. The maximum atomic E-state index is 12.3. The highest BCUT2D eigenvalue weighted by Gasteiger charge is 2.16. The van der Waals surface area contributed by atoms with Gasteiger partial charge < -0.3 is 5.73 Å². The first kappa shape index (κ1) is 9.38. The largest absolute Gasteiger partial charge is 0.383 e. The number of anilines is 1. The molecule has 2 nitrogen and oxygen atoms in total. The van der Waals surface area contributed by atoms with Crippen molar-refractivity contribution in [3.05, 3.63) is 21.8 Å². The summed E-state index contributed by atoms with van der Waals surface area (Å²) in [5.41, 5.74) is 5.53. The lowest BCUT2D eigenvalue weighted by Crippen LogP contribution is -2.01. The monoisotopic (exact) mass is 236 g/mol. The van der Waals surface area contributed by atoms with Gasteiger partial charge in [-0.2, -0.15) is 0 Å². The fourth-order valence-electron chi connectivity index (χ4n) is 0.889. The van der Waals surface area contributed by atoms with Gasteiger partial charge in [-0.3, -0.25) is 0 Å². The molecule has 0 aromatic carbocycles. The SMILES string of the molecule is Cc1c(Br)cnc(N)c1C(F)F. The summed E-state index contributed by atoms with van der Waals surface area (Å²) in [6.45, 7) is 1.57. The molecule has 0 aliphatic heterocycles. The topological polar surface area (TPSA) is 38.9 Å². The van der Waals surface area contributed by atoms with Gasteiger partial charge >= 0.3 is 0 Å². The summed E-state index contributed by atoms with van der Waals surface area (Å²) < 4.78 is 25.2. The summed E-state index contributed by atoms with van der Waals surface area (Å²) in [5, 5.41) is 0. The van der Waals surface area contributed by atoms with E-state index in [9.17, 15) is 8.78 Å². The number of nitrogens with zero attached hydrogens (tertiary/aromatic N) is 1. The van der Waals surface area contributed by atoms with Crippen molar-refractivity contribution in [2.24, 2.45) is 0 Å². The second-order valence-corrected chi connectivity index (χ2v) is 3.19. The lowest BCUT2D eigenvalue weighted by molar-refractivity contribution is 0.151. The van der Waals surface area contributed by atoms with Gasteiger partial charge in [0.25, 0.3) is 6.43 Å². The number of hydrogen-bond acceptors (Lipinski definition) is 2. The van der Waals surface area contributed by atoms with Crippen molar-refractivity contribution in [1.29, 1.82) is 0 Å². The molecule has 1 aromatic rings. The van der Waals surface area contributed by atoms with Crippen molar-refractivity contribution in [2.45, 2.75) is 13.3 Å². The summed E-state index contributed by atoms with van der Waals surface area (Å²) in [6.07, 6.45) is -1.16. The van der Waals surface area contributed by atoms with Gasteiger partial charge in [-0.05, 0) is 28.4 Å². The molecule has 66 valence electrons. The standard InChI is InChI=1S/C7H7BrF2N2/c1-3-4(8)2-12-7(11)5(3)6(9)10/h2,6H,1H3,(H2,11,12). The molecule has 5 heteroatoms. The molecule has 0 spiro atoms. The van der Waals surface area contributed by atoms with E-state index in [0.717, 1.165) is 0 Å². The Hall–Kier alpha value is -0.710. The van der Waals surface area contributed by atoms with Crippen LogP contribution in [-0.2, 0) is 0 Å². The molecule has 0 atom stereocenters. The molecule has 1 aromatic heterocycles. The number of nitrogens with two attached hydrogens (primary N) is 1. The fourth-order valence-corrected chi connectivity index (χ4v) is 1.20. The molecule has 0 saturated carbocycles. The van der Waals surface area contributed by atoms with E-state index >= 15 is 0 Å². The van der Waals surface area contributed by atoms with E-state index in [1.165, 1.54) is 6.20 Å². The Labute approximate surface area is 76.9 Å². The first-order valence-corrected chi connectivity index (χ1v) is 4.02. The third-order valence-corrected chi connectivity index (χ3v) is 2.37. The second-order valence-electron chi connectivity index (χ2n) is 2.33. The van der Waals surface area contributed by atoms with Crippen molar-refractivity contribution in [1.82, 2.24) is 4.98 Å². The minimum absolute atomic E-state index is 0.106. The first-order chi connectivity index (χ1) is 5.54. The van der Waals surface area contributed by atoms with Crippen molar-refractivity contribution in [3.8, 4) is 0 Å². The van der Waals surface area contributed by atoms with Crippen molar-refractivity contribution in [2.75, 3.05) is 5.73 Å². The highest BCUT2D eigenvalue weighted by atomic mass is 79.9. The Kier molecular flexibility index (Phi) is 2.62. The molecule has 0 aliphatic rings. The Balaban J connectivity index is 3.33. The molecule has 1 rings (SSSR count). The summed E-state index contributed by atoms with van der Waals surface area (Å²) in [6, 6.07) is 0. The Morgan fingerprint density at radius 1 is 1.58 bits per heavy atom. The molecule has 12 heavy (non-hydrogen) atoms. The Morgan fingerprint density at radius 2 is 2.17 bits per heavy atom. The average Bonchev–Trinajstić information content (AvgIpc) is 1.97. The zero-order chi connectivity index (χ0) is 9.30. The highest BCUT2D eigenvalue weighted by Crippen LogP contribution is 2.30. The summed E-state index contributed by atoms with van der Waals surface area (Å²) in [5.74, 6) is -0.106.